The summed E-state index contributed by atoms with van der Waals surface area (Å²) in [4.78, 5) is 28.0. The van der Waals surface area contributed by atoms with Gasteiger partial charge in [-0.05, 0) is 62.1 Å². The number of carbonyl (C=O) groups is 2. The van der Waals surface area contributed by atoms with Crippen molar-refractivity contribution in [3.8, 4) is 5.75 Å². The highest BCUT2D eigenvalue weighted by Gasteiger charge is 2.29. The molecule has 210 valence electrons. The van der Waals surface area contributed by atoms with Crippen LogP contribution in [0.2, 0.25) is 5.02 Å². The molecule has 11 heteroatoms. The molecule has 0 aliphatic carbocycles. The largest absolute Gasteiger partial charge is 0.495 e. The van der Waals surface area contributed by atoms with E-state index >= 15 is 0 Å². The third-order valence-electron chi connectivity index (χ3n) is 6.23. The number of benzene rings is 2. The van der Waals surface area contributed by atoms with Crippen LogP contribution >= 0.6 is 11.6 Å². The van der Waals surface area contributed by atoms with E-state index in [-0.39, 0.29) is 48.8 Å². The number of halogens is 2. The molecule has 2 atom stereocenters. The van der Waals surface area contributed by atoms with E-state index in [1.165, 1.54) is 34.5 Å². The van der Waals surface area contributed by atoms with Gasteiger partial charge in [-0.1, -0.05) is 37.6 Å². The predicted octanol–water partition coefficient (Wildman–Crippen LogP) is 4.76. The van der Waals surface area contributed by atoms with E-state index < -0.39 is 21.9 Å². The SMILES string of the molecule is CC[C@H](C(=O)N[C@@H](C)CC)N(Cc1ccc(F)cc1)C(=O)CCCN(c1ccc(OC)c(Cl)c1)S(C)(=O)=O. The molecule has 1 N–H and O–H groups in total. The maximum atomic E-state index is 13.5. The van der Waals surface area contributed by atoms with Gasteiger partial charge in [0.1, 0.15) is 17.6 Å². The lowest BCUT2D eigenvalue weighted by molar-refractivity contribution is -0.141. The molecule has 0 heterocycles. The second-order valence-electron chi connectivity index (χ2n) is 9.15. The van der Waals surface area contributed by atoms with Crippen molar-refractivity contribution >= 4 is 39.1 Å². The van der Waals surface area contributed by atoms with E-state index in [0.29, 0.717) is 23.4 Å². The monoisotopic (exact) mass is 569 g/mol. The van der Waals surface area contributed by atoms with E-state index in [1.807, 2.05) is 20.8 Å². The molecule has 0 radical (unpaired) electrons. The minimum Gasteiger partial charge on any atom is -0.495 e. The molecule has 2 amide bonds. The van der Waals surface area contributed by atoms with E-state index in [4.69, 9.17) is 16.3 Å². The predicted molar refractivity (Wildman–Crippen MR) is 148 cm³/mol. The number of hydrogen-bond donors (Lipinski definition) is 1. The maximum absolute atomic E-state index is 13.5. The fourth-order valence-electron chi connectivity index (χ4n) is 3.96. The average Bonchev–Trinajstić information content (AvgIpc) is 2.86. The second kappa shape index (κ2) is 14.3. The number of nitrogens with one attached hydrogen (secondary N) is 1. The van der Waals surface area contributed by atoms with Gasteiger partial charge in [-0.25, -0.2) is 12.8 Å². The van der Waals surface area contributed by atoms with Crippen molar-refractivity contribution in [2.75, 3.05) is 24.2 Å². The molecular weight excluding hydrogens is 533 g/mol. The number of nitrogens with zero attached hydrogens (tertiary/aromatic N) is 2. The van der Waals surface area contributed by atoms with Crippen LogP contribution in [-0.4, -0.2) is 57.1 Å². The van der Waals surface area contributed by atoms with Crippen molar-refractivity contribution < 1.29 is 27.1 Å². The number of rotatable bonds is 14. The first-order chi connectivity index (χ1) is 17.9. The Kier molecular flexibility index (Phi) is 11.8. The van der Waals surface area contributed by atoms with E-state index in [1.54, 1.807) is 24.3 Å². The quantitative estimate of drug-likeness (QED) is 0.354. The number of amides is 2. The molecule has 0 saturated heterocycles. The molecule has 38 heavy (non-hydrogen) atoms. The summed E-state index contributed by atoms with van der Waals surface area (Å²) in [6.45, 7) is 5.83. The molecule has 0 unspecified atom stereocenters. The first-order valence-electron chi connectivity index (χ1n) is 12.6. The van der Waals surface area contributed by atoms with Gasteiger partial charge in [-0.15, -0.1) is 0 Å². The molecule has 0 aromatic heterocycles. The van der Waals surface area contributed by atoms with Crippen molar-refractivity contribution in [3.05, 3.63) is 58.9 Å². The summed E-state index contributed by atoms with van der Waals surface area (Å²) in [5.74, 6) is -0.547. The molecule has 0 aliphatic heterocycles. The van der Waals surface area contributed by atoms with Gasteiger partial charge in [0.05, 0.1) is 24.1 Å². The Hall–Kier alpha value is -2.85. The third kappa shape index (κ3) is 8.87. The van der Waals surface area contributed by atoms with Crippen molar-refractivity contribution in [2.45, 2.75) is 65.1 Å². The van der Waals surface area contributed by atoms with Crippen LogP contribution in [0, 0.1) is 5.82 Å². The summed E-state index contributed by atoms with van der Waals surface area (Å²) in [7, 11) is -2.20. The fourth-order valence-corrected chi connectivity index (χ4v) is 5.17. The number of hydrogen-bond acceptors (Lipinski definition) is 5. The third-order valence-corrected chi connectivity index (χ3v) is 7.72. The molecule has 0 spiro atoms. The van der Waals surface area contributed by atoms with Gasteiger partial charge < -0.3 is 15.0 Å². The fraction of sp³-hybridized carbons (Fsp3) is 0.481. The number of anilines is 1. The van der Waals surface area contributed by atoms with Gasteiger partial charge >= 0.3 is 0 Å². The first-order valence-corrected chi connectivity index (χ1v) is 14.8. The Bertz CT molecular complexity index is 1190. The molecule has 0 aliphatic rings. The van der Waals surface area contributed by atoms with Crippen LogP contribution in [0.3, 0.4) is 0 Å². The molecular formula is C27H37ClFN3O5S. The lowest BCUT2D eigenvalue weighted by Gasteiger charge is -2.32. The molecule has 8 nitrogen and oxygen atoms in total. The van der Waals surface area contributed by atoms with Gasteiger partial charge in [-0.3, -0.25) is 13.9 Å². The first kappa shape index (κ1) is 31.4. The smallest absolute Gasteiger partial charge is 0.243 e. The summed E-state index contributed by atoms with van der Waals surface area (Å²) in [5, 5.41) is 3.20. The number of sulfonamides is 1. The topological polar surface area (TPSA) is 96.0 Å². The van der Waals surface area contributed by atoms with Gasteiger partial charge in [0.2, 0.25) is 21.8 Å². The molecule has 0 bridgehead atoms. The zero-order chi connectivity index (χ0) is 28.5. The van der Waals surface area contributed by atoms with Crippen LogP contribution in [0.1, 0.15) is 52.0 Å². The van der Waals surface area contributed by atoms with E-state index in [9.17, 15) is 22.4 Å². The van der Waals surface area contributed by atoms with Gasteiger partial charge in [0.25, 0.3) is 0 Å². The Morgan fingerprint density at radius 2 is 1.76 bits per heavy atom. The zero-order valence-electron chi connectivity index (χ0n) is 22.5. The van der Waals surface area contributed by atoms with Crippen LogP contribution in [-0.2, 0) is 26.2 Å². The molecule has 2 aromatic rings. The molecule has 2 rings (SSSR count). The lowest BCUT2D eigenvalue weighted by Crippen LogP contribution is -2.50. The van der Waals surface area contributed by atoms with Crippen molar-refractivity contribution in [3.63, 3.8) is 0 Å². The van der Waals surface area contributed by atoms with Gasteiger partial charge in [0, 0.05) is 25.6 Å². The van der Waals surface area contributed by atoms with E-state index in [0.717, 1.165) is 12.7 Å². The maximum Gasteiger partial charge on any atom is 0.243 e. The van der Waals surface area contributed by atoms with Crippen LogP contribution in [0.25, 0.3) is 0 Å². The minimum absolute atomic E-state index is 0.00418. The van der Waals surface area contributed by atoms with Crippen LogP contribution < -0.4 is 14.4 Å². The summed E-state index contributed by atoms with van der Waals surface area (Å²) in [6.07, 6.45) is 2.42. The van der Waals surface area contributed by atoms with Gasteiger partial charge in [-0.2, -0.15) is 0 Å². The summed E-state index contributed by atoms with van der Waals surface area (Å²) >= 11 is 6.19. The normalized spacial score (nSPS) is 12.9. The van der Waals surface area contributed by atoms with Crippen LogP contribution in [0.4, 0.5) is 10.1 Å². The Morgan fingerprint density at radius 1 is 1.11 bits per heavy atom. The summed E-state index contributed by atoms with van der Waals surface area (Å²) < 4.78 is 44.8. The molecule has 0 fully saturated rings. The molecule has 0 saturated carbocycles. The van der Waals surface area contributed by atoms with Crippen molar-refractivity contribution in [1.29, 1.82) is 0 Å². The van der Waals surface area contributed by atoms with Crippen LogP contribution in [0.15, 0.2) is 42.5 Å². The average molecular weight is 570 g/mol. The van der Waals surface area contributed by atoms with Crippen molar-refractivity contribution in [2.24, 2.45) is 0 Å². The Labute approximate surface area is 230 Å². The van der Waals surface area contributed by atoms with E-state index in [2.05, 4.69) is 5.32 Å². The number of methoxy groups -OCH3 is 1. The highest BCUT2D eigenvalue weighted by Crippen LogP contribution is 2.30. The van der Waals surface area contributed by atoms with Crippen LogP contribution in [0.5, 0.6) is 5.75 Å². The lowest BCUT2D eigenvalue weighted by atomic mass is 10.1. The van der Waals surface area contributed by atoms with Gasteiger partial charge in [0.15, 0.2) is 0 Å². The zero-order valence-corrected chi connectivity index (χ0v) is 24.1. The summed E-state index contributed by atoms with van der Waals surface area (Å²) in [6, 6.07) is 9.64. The molecule has 2 aromatic carbocycles. The second-order valence-corrected chi connectivity index (χ2v) is 11.5. The Balaban J connectivity index is 2.24. The minimum atomic E-state index is -3.67. The highest BCUT2D eigenvalue weighted by atomic mass is 35.5. The Morgan fingerprint density at radius 3 is 2.29 bits per heavy atom. The number of ether oxygens (including phenoxy) is 1. The van der Waals surface area contributed by atoms with Crippen molar-refractivity contribution in [1.82, 2.24) is 10.2 Å². The number of carbonyl (C=O) groups excluding carboxylic acids is 2. The summed E-state index contributed by atoms with van der Waals surface area (Å²) in [5.41, 5.74) is 1.04. The standard InChI is InChI=1S/C27H37ClFN3O5S/c1-6-19(3)30-27(34)24(7-2)31(18-20-10-12-21(29)13-11-20)26(33)9-8-16-32(38(5,35)36)22-14-15-25(37-4)23(28)17-22/h10-15,17,19,24H,6-9,16,18H2,1-5H3,(H,30,34)/t19-,24+/m0/s1. The highest BCUT2D eigenvalue weighted by molar-refractivity contribution is 7.92.